The van der Waals surface area contributed by atoms with Crippen LogP contribution in [0.5, 0.6) is 0 Å². The smallest absolute Gasteiger partial charge is 0.327 e. The molecule has 0 atom stereocenters. The minimum atomic E-state index is -4.41. The summed E-state index contributed by atoms with van der Waals surface area (Å²) in [6.07, 6.45) is 1.63. The van der Waals surface area contributed by atoms with E-state index in [-0.39, 0.29) is 0 Å². The van der Waals surface area contributed by atoms with Crippen LogP contribution < -0.4 is 0 Å². The first-order chi connectivity index (χ1) is 8.32. The van der Waals surface area contributed by atoms with Gasteiger partial charge in [0.15, 0.2) is 0 Å². The number of imidazole rings is 1. The summed E-state index contributed by atoms with van der Waals surface area (Å²) in [6.45, 7) is 2.30. The van der Waals surface area contributed by atoms with Gasteiger partial charge in [-0.3, -0.25) is 9.96 Å². The van der Waals surface area contributed by atoms with Crippen LogP contribution in [0.2, 0.25) is 0 Å². The van der Waals surface area contributed by atoms with Crippen LogP contribution in [-0.4, -0.2) is 52.4 Å². The second-order valence-electron chi connectivity index (χ2n) is 3.73. The average molecular weight is 292 g/mol. The maximum absolute atomic E-state index is 10.7. The van der Waals surface area contributed by atoms with Crippen molar-refractivity contribution >= 4 is 27.0 Å². The van der Waals surface area contributed by atoms with E-state index in [2.05, 4.69) is 9.97 Å². The van der Waals surface area contributed by atoms with Crippen molar-refractivity contribution in [3.8, 4) is 0 Å². The standard InChI is InChI=1S/C9H16N4O3S2/c1-7-8(12-6-11-7)5-17-4-3-13(2)9(10)18(14,15)16/h6,10H,3-5H2,1-2H3,(H,11,12)(H,14,15,16). The maximum Gasteiger partial charge on any atom is 0.327 e. The Balaban J connectivity index is 2.31. The molecule has 3 N–H and O–H groups in total. The molecule has 0 amide bonds. The fourth-order valence-corrected chi connectivity index (χ4v) is 2.72. The number of aromatic amines is 1. The first kappa shape index (κ1) is 15.0. The van der Waals surface area contributed by atoms with Crippen molar-refractivity contribution < 1.29 is 13.0 Å². The van der Waals surface area contributed by atoms with Gasteiger partial charge < -0.3 is 9.88 Å². The van der Waals surface area contributed by atoms with Crippen LogP contribution >= 0.6 is 11.8 Å². The molecule has 0 aliphatic rings. The largest absolute Gasteiger partial charge is 0.348 e. The number of amidine groups is 1. The van der Waals surface area contributed by atoms with Gasteiger partial charge >= 0.3 is 10.1 Å². The zero-order valence-electron chi connectivity index (χ0n) is 10.2. The molecule has 0 fully saturated rings. The molecule has 0 unspecified atom stereocenters. The predicted octanol–water partition coefficient (Wildman–Crippen LogP) is 0.706. The van der Waals surface area contributed by atoms with E-state index in [4.69, 9.17) is 9.96 Å². The molecule has 0 bridgehead atoms. The van der Waals surface area contributed by atoms with Gasteiger partial charge in [-0.15, -0.1) is 0 Å². The Labute approximate surface area is 110 Å². The first-order valence-electron chi connectivity index (χ1n) is 5.16. The summed E-state index contributed by atoms with van der Waals surface area (Å²) in [5.41, 5.74) is 1.98. The third kappa shape index (κ3) is 4.31. The molecule has 0 aliphatic heterocycles. The van der Waals surface area contributed by atoms with Crippen molar-refractivity contribution in [2.45, 2.75) is 12.7 Å². The third-order valence-corrected chi connectivity index (χ3v) is 4.08. The van der Waals surface area contributed by atoms with Gasteiger partial charge in [-0.2, -0.15) is 20.2 Å². The molecule has 1 heterocycles. The van der Waals surface area contributed by atoms with Crippen LogP contribution in [0.15, 0.2) is 6.33 Å². The van der Waals surface area contributed by atoms with Crippen LogP contribution in [0.1, 0.15) is 11.4 Å². The molecule has 18 heavy (non-hydrogen) atoms. The highest BCUT2D eigenvalue weighted by Gasteiger charge is 2.17. The van der Waals surface area contributed by atoms with Crippen molar-refractivity contribution in [3.63, 3.8) is 0 Å². The third-order valence-electron chi connectivity index (χ3n) is 2.34. The maximum atomic E-state index is 10.7. The molecule has 0 aliphatic carbocycles. The number of nitrogens with zero attached hydrogens (tertiary/aromatic N) is 2. The van der Waals surface area contributed by atoms with E-state index in [1.165, 1.54) is 11.9 Å². The minimum Gasteiger partial charge on any atom is -0.348 e. The monoisotopic (exact) mass is 292 g/mol. The molecule has 0 saturated carbocycles. The molecule has 0 aromatic carbocycles. The lowest BCUT2D eigenvalue weighted by Gasteiger charge is -2.16. The fourth-order valence-electron chi connectivity index (χ4n) is 1.20. The number of thioether (sulfide) groups is 1. The van der Waals surface area contributed by atoms with Crippen LogP contribution in [0.3, 0.4) is 0 Å². The van der Waals surface area contributed by atoms with Crippen LogP contribution in [0.4, 0.5) is 0 Å². The molecule has 1 aromatic rings. The molecule has 1 aromatic heterocycles. The molecular formula is C9H16N4O3S2. The molecule has 0 radical (unpaired) electrons. The van der Waals surface area contributed by atoms with E-state index < -0.39 is 15.3 Å². The minimum absolute atomic E-state index is 0.368. The summed E-state index contributed by atoms with van der Waals surface area (Å²) in [7, 11) is -2.95. The summed E-state index contributed by atoms with van der Waals surface area (Å²) in [4.78, 5) is 8.31. The average Bonchev–Trinajstić information content (AvgIpc) is 2.68. The Morgan fingerprint density at radius 1 is 1.67 bits per heavy atom. The Hall–Kier alpha value is -1.06. The predicted molar refractivity (Wildman–Crippen MR) is 71.4 cm³/mol. The fraction of sp³-hybridized carbons (Fsp3) is 0.556. The van der Waals surface area contributed by atoms with Crippen molar-refractivity contribution in [1.82, 2.24) is 14.9 Å². The molecule has 102 valence electrons. The number of nitrogens with one attached hydrogen (secondary N) is 2. The van der Waals surface area contributed by atoms with Crippen molar-refractivity contribution in [3.05, 3.63) is 17.7 Å². The lowest BCUT2D eigenvalue weighted by atomic mass is 10.4. The van der Waals surface area contributed by atoms with Crippen molar-refractivity contribution in [1.29, 1.82) is 5.41 Å². The Bertz CT molecular complexity index is 512. The zero-order chi connectivity index (χ0) is 13.8. The van der Waals surface area contributed by atoms with Gasteiger partial charge in [0.05, 0.1) is 12.0 Å². The lowest BCUT2D eigenvalue weighted by molar-refractivity contribution is 0.478. The van der Waals surface area contributed by atoms with Gasteiger partial charge in [-0.25, -0.2) is 4.98 Å². The SMILES string of the molecule is Cc1[nH]cnc1CSCCN(C)C(=N)S(=O)(=O)O. The highest BCUT2D eigenvalue weighted by Crippen LogP contribution is 2.12. The summed E-state index contributed by atoms with van der Waals surface area (Å²) >= 11 is 1.58. The van der Waals surface area contributed by atoms with E-state index in [0.717, 1.165) is 17.1 Å². The number of H-pyrrole nitrogens is 1. The normalized spacial score (nSPS) is 11.5. The summed E-state index contributed by atoms with van der Waals surface area (Å²) in [5, 5.41) is 6.44. The lowest BCUT2D eigenvalue weighted by Crippen LogP contribution is -2.33. The molecular weight excluding hydrogens is 276 g/mol. The number of aromatic nitrogens is 2. The molecule has 7 nitrogen and oxygen atoms in total. The van der Waals surface area contributed by atoms with Crippen LogP contribution in [0, 0.1) is 12.3 Å². The van der Waals surface area contributed by atoms with Gasteiger partial charge in [0.2, 0.25) is 5.17 Å². The van der Waals surface area contributed by atoms with Crippen LogP contribution in [-0.2, 0) is 15.9 Å². The first-order valence-corrected chi connectivity index (χ1v) is 7.75. The topological polar surface area (TPSA) is 110 Å². The molecule has 0 saturated heterocycles. The van der Waals surface area contributed by atoms with E-state index in [1.54, 1.807) is 18.1 Å². The molecule has 1 rings (SSSR count). The molecule has 9 heteroatoms. The quantitative estimate of drug-likeness (QED) is 0.319. The molecule has 0 spiro atoms. The number of hydrogen-bond acceptors (Lipinski definition) is 5. The summed E-state index contributed by atoms with van der Waals surface area (Å²) in [5.74, 6) is 1.36. The Morgan fingerprint density at radius 2 is 2.33 bits per heavy atom. The van der Waals surface area contributed by atoms with Crippen LogP contribution in [0.25, 0.3) is 0 Å². The number of rotatable bonds is 5. The highest BCUT2D eigenvalue weighted by atomic mass is 32.2. The van der Waals surface area contributed by atoms with E-state index in [1.807, 2.05) is 6.92 Å². The Kier molecular flexibility index (Phi) is 5.17. The second-order valence-corrected chi connectivity index (χ2v) is 6.17. The van der Waals surface area contributed by atoms with Gasteiger partial charge in [0.1, 0.15) is 0 Å². The van der Waals surface area contributed by atoms with Gasteiger partial charge in [0.25, 0.3) is 0 Å². The number of aryl methyl sites for hydroxylation is 1. The Morgan fingerprint density at radius 3 is 2.83 bits per heavy atom. The van der Waals surface area contributed by atoms with Crippen molar-refractivity contribution in [2.24, 2.45) is 0 Å². The van der Waals surface area contributed by atoms with Gasteiger partial charge in [-0.05, 0) is 6.92 Å². The van der Waals surface area contributed by atoms with Gasteiger partial charge in [0, 0.05) is 30.8 Å². The van der Waals surface area contributed by atoms with Gasteiger partial charge in [-0.1, -0.05) is 0 Å². The summed E-state index contributed by atoms with van der Waals surface area (Å²) in [6, 6.07) is 0. The van der Waals surface area contributed by atoms with E-state index >= 15 is 0 Å². The van der Waals surface area contributed by atoms with E-state index in [0.29, 0.717) is 12.3 Å². The number of hydrogen-bond donors (Lipinski definition) is 3. The second kappa shape index (κ2) is 6.21. The summed E-state index contributed by atoms with van der Waals surface area (Å²) < 4.78 is 30.1. The van der Waals surface area contributed by atoms with Crippen molar-refractivity contribution in [2.75, 3.05) is 19.3 Å². The van der Waals surface area contributed by atoms with E-state index in [9.17, 15) is 8.42 Å². The highest BCUT2D eigenvalue weighted by molar-refractivity contribution is 8.01. The zero-order valence-corrected chi connectivity index (χ0v) is 11.8.